The van der Waals surface area contributed by atoms with Gasteiger partial charge in [-0.05, 0) is 29.7 Å². The average Bonchev–Trinajstić information content (AvgIpc) is 3.39. The Bertz CT molecular complexity index is 891. The van der Waals surface area contributed by atoms with Crippen LogP contribution < -0.4 is 0 Å². The molecule has 0 radical (unpaired) electrons. The fraction of sp³-hybridized carbons (Fsp3) is 0.316. The van der Waals surface area contributed by atoms with Gasteiger partial charge in [-0.1, -0.05) is 36.4 Å². The van der Waals surface area contributed by atoms with Gasteiger partial charge in [0.25, 0.3) is 0 Å². The number of carbonyl (C=O) groups is 1. The minimum Gasteiger partial charge on any atom is -0.467 e. The van der Waals surface area contributed by atoms with Crippen LogP contribution in [0.1, 0.15) is 34.9 Å². The van der Waals surface area contributed by atoms with Gasteiger partial charge < -0.3 is 9.32 Å². The number of furan rings is 1. The van der Waals surface area contributed by atoms with Gasteiger partial charge in [0.2, 0.25) is 5.91 Å². The Morgan fingerprint density at radius 1 is 1.19 bits per heavy atom. The molecule has 4 rings (SSSR count). The van der Waals surface area contributed by atoms with Crippen LogP contribution in [0.5, 0.6) is 0 Å². The van der Waals surface area contributed by atoms with E-state index < -0.39 is 0 Å². The number of rotatable bonds is 6. The van der Waals surface area contributed by atoms with E-state index in [0.29, 0.717) is 18.8 Å². The maximum atomic E-state index is 12.3. The second-order valence-electron chi connectivity index (χ2n) is 6.23. The molecular formula is C19H20N4O2S. The second-order valence-corrected chi connectivity index (χ2v) is 7.30. The van der Waals surface area contributed by atoms with Gasteiger partial charge in [-0.3, -0.25) is 4.79 Å². The molecule has 1 fully saturated rings. The lowest BCUT2D eigenvalue weighted by Gasteiger charge is -2.20. The molecule has 6 nitrogen and oxygen atoms in total. The number of thioether (sulfide) groups is 1. The van der Waals surface area contributed by atoms with Gasteiger partial charge in [0.1, 0.15) is 16.8 Å². The molecular weight excluding hydrogens is 348 g/mol. The van der Waals surface area contributed by atoms with Crippen molar-refractivity contribution in [2.75, 3.05) is 5.75 Å². The largest absolute Gasteiger partial charge is 0.467 e. The summed E-state index contributed by atoms with van der Waals surface area (Å²) < 4.78 is 7.24. The first-order chi connectivity index (χ1) is 12.7. The Balaban J connectivity index is 1.52. The summed E-state index contributed by atoms with van der Waals surface area (Å²) in [6.07, 6.45) is 4.55. The lowest BCUT2D eigenvalue weighted by Crippen LogP contribution is -2.27. The number of benzene rings is 1. The highest BCUT2D eigenvalue weighted by molar-refractivity contribution is 8.00. The molecule has 0 saturated carbocycles. The Kier molecular flexibility index (Phi) is 4.79. The van der Waals surface area contributed by atoms with Gasteiger partial charge in [-0.2, -0.15) is 0 Å². The van der Waals surface area contributed by atoms with Gasteiger partial charge in [0, 0.05) is 0 Å². The first-order valence-corrected chi connectivity index (χ1v) is 9.69. The molecule has 1 unspecified atom stereocenters. The number of nitrogens with zero attached hydrogens (tertiary/aromatic N) is 4. The molecule has 26 heavy (non-hydrogen) atoms. The van der Waals surface area contributed by atoms with Crippen LogP contribution in [-0.2, 0) is 24.3 Å². The number of carbonyl (C=O) groups excluding carboxylic acids is 1. The van der Waals surface area contributed by atoms with Gasteiger partial charge in [-0.15, -0.1) is 16.9 Å². The van der Waals surface area contributed by atoms with Crippen molar-refractivity contribution in [1.29, 1.82) is 0 Å². The number of amides is 1. The van der Waals surface area contributed by atoms with E-state index >= 15 is 0 Å². The molecule has 0 N–H and O–H groups in total. The van der Waals surface area contributed by atoms with Crippen LogP contribution in [0.4, 0.5) is 0 Å². The number of hydrogen-bond acceptors (Lipinski definition) is 5. The van der Waals surface area contributed by atoms with E-state index in [2.05, 4.69) is 35.4 Å². The minimum absolute atomic E-state index is 0.0993. The molecule has 3 heterocycles. The van der Waals surface area contributed by atoms with Crippen LogP contribution in [0, 0.1) is 0 Å². The molecule has 3 aromatic rings. The zero-order valence-corrected chi connectivity index (χ0v) is 15.4. The molecule has 1 aliphatic heterocycles. The molecule has 0 aliphatic carbocycles. The number of aromatic nitrogens is 3. The van der Waals surface area contributed by atoms with Crippen molar-refractivity contribution in [3.05, 3.63) is 71.4 Å². The quantitative estimate of drug-likeness (QED) is 0.668. The molecule has 1 aliphatic rings. The highest BCUT2D eigenvalue weighted by Gasteiger charge is 2.35. The van der Waals surface area contributed by atoms with Crippen LogP contribution in [0.25, 0.3) is 0 Å². The van der Waals surface area contributed by atoms with E-state index in [0.717, 1.165) is 17.9 Å². The highest BCUT2D eigenvalue weighted by Crippen LogP contribution is 2.38. The van der Waals surface area contributed by atoms with E-state index in [9.17, 15) is 4.79 Å². The molecule has 1 saturated heterocycles. The van der Waals surface area contributed by atoms with Crippen LogP contribution in [0.2, 0.25) is 0 Å². The van der Waals surface area contributed by atoms with Crippen LogP contribution in [-0.4, -0.2) is 31.6 Å². The SMILES string of the molecule is CCc1ccccc1Cn1cc(C2SCC(=O)N2Cc2ccco2)nn1. The van der Waals surface area contributed by atoms with Crippen molar-refractivity contribution >= 4 is 17.7 Å². The van der Waals surface area contributed by atoms with E-state index in [4.69, 9.17) is 4.42 Å². The standard InChI is InChI=1S/C19H20N4O2S/c1-2-14-6-3-4-7-15(14)10-22-12-17(20-21-22)19-23(18(24)13-26-19)11-16-8-5-9-25-16/h3-9,12,19H,2,10-11,13H2,1H3. The van der Waals surface area contributed by atoms with Crippen molar-refractivity contribution in [2.24, 2.45) is 0 Å². The fourth-order valence-corrected chi connectivity index (χ4v) is 4.29. The highest BCUT2D eigenvalue weighted by atomic mass is 32.2. The molecule has 7 heteroatoms. The number of hydrogen-bond donors (Lipinski definition) is 0. The zero-order chi connectivity index (χ0) is 17.9. The van der Waals surface area contributed by atoms with Crippen LogP contribution >= 0.6 is 11.8 Å². The summed E-state index contributed by atoms with van der Waals surface area (Å²) >= 11 is 1.58. The van der Waals surface area contributed by atoms with Crippen molar-refractivity contribution in [1.82, 2.24) is 19.9 Å². The summed E-state index contributed by atoms with van der Waals surface area (Å²) in [7, 11) is 0. The Morgan fingerprint density at radius 2 is 2.04 bits per heavy atom. The van der Waals surface area contributed by atoms with Gasteiger partial charge in [0.05, 0.1) is 31.3 Å². The van der Waals surface area contributed by atoms with E-state index in [1.165, 1.54) is 11.1 Å². The van der Waals surface area contributed by atoms with E-state index in [1.54, 1.807) is 22.9 Å². The second kappa shape index (κ2) is 7.37. The van der Waals surface area contributed by atoms with Crippen molar-refractivity contribution in [3.8, 4) is 0 Å². The summed E-state index contributed by atoms with van der Waals surface area (Å²) in [4.78, 5) is 14.1. The molecule has 1 amide bonds. The first-order valence-electron chi connectivity index (χ1n) is 8.65. The first kappa shape index (κ1) is 16.9. The van der Waals surface area contributed by atoms with Gasteiger partial charge in [-0.25, -0.2) is 4.68 Å². The average molecular weight is 368 g/mol. The molecule has 0 bridgehead atoms. The fourth-order valence-electron chi connectivity index (χ4n) is 3.18. The maximum absolute atomic E-state index is 12.3. The lowest BCUT2D eigenvalue weighted by molar-refractivity contribution is -0.128. The Labute approximate surface area is 156 Å². The topological polar surface area (TPSA) is 64.2 Å². The van der Waals surface area contributed by atoms with Crippen molar-refractivity contribution in [2.45, 2.75) is 31.8 Å². The van der Waals surface area contributed by atoms with Crippen molar-refractivity contribution in [3.63, 3.8) is 0 Å². The molecule has 0 spiro atoms. The van der Waals surface area contributed by atoms with E-state index in [-0.39, 0.29) is 11.3 Å². The molecule has 1 aromatic carbocycles. The third-order valence-corrected chi connectivity index (χ3v) is 5.74. The lowest BCUT2D eigenvalue weighted by atomic mass is 10.1. The van der Waals surface area contributed by atoms with Crippen LogP contribution in [0.3, 0.4) is 0 Å². The maximum Gasteiger partial charge on any atom is 0.234 e. The molecule has 134 valence electrons. The number of aryl methyl sites for hydroxylation is 1. The minimum atomic E-state index is -0.122. The van der Waals surface area contributed by atoms with Crippen LogP contribution in [0.15, 0.2) is 53.3 Å². The van der Waals surface area contributed by atoms with Crippen molar-refractivity contribution < 1.29 is 9.21 Å². The summed E-state index contributed by atoms with van der Waals surface area (Å²) in [5.74, 6) is 1.33. The third kappa shape index (κ3) is 3.39. The molecule has 2 aromatic heterocycles. The summed E-state index contributed by atoms with van der Waals surface area (Å²) in [6.45, 7) is 3.29. The predicted octanol–water partition coefficient (Wildman–Crippen LogP) is 3.26. The monoisotopic (exact) mass is 368 g/mol. The summed E-state index contributed by atoms with van der Waals surface area (Å²) in [5, 5.41) is 8.49. The third-order valence-electron chi connectivity index (χ3n) is 4.52. The normalized spacial score (nSPS) is 17.2. The predicted molar refractivity (Wildman–Crippen MR) is 99.4 cm³/mol. The molecule has 1 atom stereocenters. The smallest absolute Gasteiger partial charge is 0.234 e. The summed E-state index contributed by atoms with van der Waals surface area (Å²) in [5.41, 5.74) is 3.37. The van der Waals surface area contributed by atoms with Gasteiger partial charge >= 0.3 is 0 Å². The Hall–Kier alpha value is -2.54. The van der Waals surface area contributed by atoms with E-state index in [1.807, 2.05) is 29.1 Å². The zero-order valence-electron chi connectivity index (χ0n) is 14.5. The summed E-state index contributed by atoms with van der Waals surface area (Å²) in [6, 6.07) is 12.1. The van der Waals surface area contributed by atoms with Gasteiger partial charge in [0.15, 0.2) is 0 Å². The Morgan fingerprint density at radius 3 is 2.81 bits per heavy atom.